The van der Waals surface area contributed by atoms with E-state index >= 15 is 0 Å². The fraction of sp³-hybridized carbons (Fsp3) is 0.0270. The Balaban J connectivity index is 0.000000638. The number of aryl methyl sites for hydroxylation is 2. The molecule has 0 amide bonds. The van der Waals surface area contributed by atoms with Crippen molar-refractivity contribution in [2.45, 2.75) is 13.8 Å². The topological polar surface area (TPSA) is 23.0 Å². The van der Waals surface area contributed by atoms with Crippen LogP contribution in [0.15, 0.2) is 279 Å². The molecule has 0 unspecified atom stereocenters. The Morgan fingerprint density at radius 1 is 0.237 bits per heavy atom. The highest BCUT2D eigenvalue weighted by molar-refractivity contribution is 14.1. The highest BCUT2D eigenvalue weighted by Gasteiger charge is 2.24. The molecule has 5 nitrogen and oxygen atoms in total. The normalized spacial score (nSPS) is 11.7. The zero-order chi connectivity index (χ0) is 53.4. The minimum Gasteiger partial charge on any atom is -0.310 e. The lowest BCUT2D eigenvalue weighted by atomic mass is 10.1. The summed E-state index contributed by atoms with van der Waals surface area (Å²) in [6.45, 7) is 4.26. The molecule has 380 valence electrons. The summed E-state index contributed by atoms with van der Waals surface area (Å²) >= 11 is 2.30. The number of rotatable bonds is 7. The lowest BCUT2D eigenvalue weighted by Crippen LogP contribution is -2.13. The third kappa shape index (κ3) is 7.89. The monoisotopic (exact) mass is 1140 g/mol. The molecule has 0 saturated carbocycles. The summed E-state index contributed by atoms with van der Waals surface area (Å²) in [4.78, 5) is 2.48. The molecule has 6 heteroatoms. The molecular weight excluding hydrogens is 1090 g/mol. The number of halogens is 1. The second kappa shape index (κ2) is 19.4. The van der Waals surface area contributed by atoms with Gasteiger partial charge in [0.1, 0.15) is 0 Å². The van der Waals surface area contributed by atoms with Crippen molar-refractivity contribution in [3.8, 4) is 22.7 Å². The summed E-state index contributed by atoms with van der Waals surface area (Å²) in [6.07, 6.45) is 0. The van der Waals surface area contributed by atoms with Crippen LogP contribution in [0.1, 0.15) is 11.1 Å². The Bertz CT molecular complexity index is 4280. The van der Waals surface area contributed by atoms with E-state index in [4.69, 9.17) is 0 Å². The van der Waals surface area contributed by atoms with Crippen molar-refractivity contribution >= 4 is 127 Å². The summed E-state index contributed by atoms with van der Waals surface area (Å²) in [6, 6.07) is 102. The van der Waals surface area contributed by atoms with E-state index in [1.807, 2.05) is 0 Å². The second-order valence-electron chi connectivity index (χ2n) is 20.9. The molecular formula is C74H52IN5. The summed E-state index contributed by atoms with van der Waals surface area (Å²) in [5.41, 5.74) is 19.2. The van der Waals surface area contributed by atoms with E-state index in [9.17, 15) is 0 Å². The van der Waals surface area contributed by atoms with Crippen molar-refractivity contribution in [2.24, 2.45) is 0 Å². The SMILES string of the molecule is Cc1ccc(I)cc1.Cc1ccc(N(c2cc(-n3c4ccccc4c4ccccc43)cc(-n3c4ccccc4c4ccccc43)c2)c2cc(-n3c4ccccc4c4ccccc43)cc(-n3c4ccccc4c4ccccc43)c2)cc1. The van der Waals surface area contributed by atoms with E-state index in [0.29, 0.717) is 0 Å². The summed E-state index contributed by atoms with van der Waals surface area (Å²) in [7, 11) is 0. The minimum atomic E-state index is 1.03. The lowest BCUT2D eigenvalue weighted by Gasteiger charge is -2.29. The molecule has 16 rings (SSSR count). The minimum absolute atomic E-state index is 1.03. The quantitative estimate of drug-likeness (QED) is 0.146. The molecule has 0 aliphatic carbocycles. The number of hydrogen-bond acceptors (Lipinski definition) is 1. The van der Waals surface area contributed by atoms with Crippen molar-refractivity contribution in [3.63, 3.8) is 0 Å². The van der Waals surface area contributed by atoms with Gasteiger partial charge in [-0.3, -0.25) is 0 Å². The average molecular weight is 1140 g/mol. The number of para-hydroxylation sites is 8. The fourth-order valence-corrected chi connectivity index (χ4v) is 12.8. The Morgan fingerprint density at radius 3 is 0.675 bits per heavy atom. The molecule has 0 bridgehead atoms. The van der Waals surface area contributed by atoms with E-state index < -0.39 is 0 Å². The van der Waals surface area contributed by atoms with E-state index in [2.05, 4.69) is 339 Å². The Kier molecular flexibility index (Phi) is 11.5. The van der Waals surface area contributed by atoms with Crippen LogP contribution in [0.3, 0.4) is 0 Å². The van der Waals surface area contributed by atoms with Crippen LogP contribution in [0.5, 0.6) is 0 Å². The van der Waals surface area contributed by atoms with Gasteiger partial charge in [-0.15, -0.1) is 0 Å². The van der Waals surface area contributed by atoms with Gasteiger partial charge in [0.25, 0.3) is 0 Å². The first-order chi connectivity index (χ1) is 39.4. The van der Waals surface area contributed by atoms with Crippen LogP contribution < -0.4 is 4.90 Å². The molecule has 0 aliphatic rings. The number of aromatic nitrogens is 4. The Labute approximate surface area is 477 Å². The van der Waals surface area contributed by atoms with E-state index in [0.717, 1.165) is 83.9 Å². The maximum absolute atomic E-state index is 2.48. The first kappa shape index (κ1) is 47.6. The average Bonchev–Trinajstić information content (AvgIpc) is 4.37. The van der Waals surface area contributed by atoms with Gasteiger partial charge in [0, 0.05) is 52.3 Å². The molecule has 0 aliphatic heterocycles. The van der Waals surface area contributed by atoms with Gasteiger partial charge in [0.2, 0.25) is 0 Å². The van der Waals surface area contributed by atoms with Gasteiger partial charge in [-0.1, -0.05) is 181 Å². The highest BCUT2D eigenvalue weighted by atomic mass is 127. The molecule has 0 atom stereocenters. The zero-order valence-electron chi connectivity index (χ0n) is 44.2. The Morgan fingerprint density at radius 2 is 0.450 bits per heavy atom. The van der Waals surface area contributed by atoms with Gasteiger partial charge < -0.3 is 23.2 Å². The van der Waals surface area contributed by atoms with Crippen LogP contribution >= 0.6 is 22.6 Å². The van der Waals surface area contributed by atoms with Gasteiger partial charge in [-0.25, -0.2) is 0 Å². The molecule has 0 saturated heterocycles. The van der Waals surface area contributed by atoms with Crippen LogP contribution in [-0.4, -0.2) is 18.3 Å². The summed E-state index contributed by atoms with van der Waals surface area (Å²) in [5.74, 6) is 0. The lowest BCUT2D eigenvalue weighted by molar-refractivity contribution is 1.11. The highest BCUT2D eigenvalue weighted by Crippen LogP contribution is 2.45. The van der Waals surface area contributed by atoms with E-state index in [1.54, 1.807) is 0 Å². The van der Waals surface area contributed by atoms with Crippen molar-refractivity contribution < 1.29 is 0 Å². The molecule has 0 radical (unpaired) electrons. The predicted molar refractivity (Wildman–Crippen MR) is 347 cm³/mol. The van der Waals surface area contributed by atoms with Crippen LogP contribution in [0.25, 0.3) is 110 Å². The molecule has 0 spiro atoms. The molecule has 4 aromatic heterocycles. The summed E-state index contributed by atoms with van der Waals surface area (Å²) in [5, 5.41) is 9.79. The van der Waals surface area contributed by atoms with Crippen molar-refractivity contribution in [1.82, 2.24) is 18.3 Å². The number of hydrogen-bond donors (Lipinski definition) is 0. The molecule has 12 aromatic carbocycles. The molecule has 0 N–H and O–H groups in total. The van der Waals surface area contributed by atoms with Gasteiger partial charge in [-0.05, 0) is 146 Å². The standard InChI is InChI=1S/C67H45N5.C7H7I/c1-44-34-36-45(37-35-44)68(46-38-48(69-60-26-10-2-18-52(60)53-19-3-11-27-61(53)69)42-49(39-46)70-62-28-12-4-20-54(62)55-21-5-13-29-63(55)70)47-40-50(71-64-30-14-6-22-56(64)57-23-7-15-31-65(57)71)43-51(41-47)72-66-32-16-8-24-58(66)59-25-9-17-33-67(59)72;1-6-2-4-7(8)5-3-6/h2-43H,1H3;2-5H,1H3. The third-order valence-corrected chi connectivity index (χ3v) is 16.7. The zero-order valence-corrected chi connectivity index (χ0v) is 46.3. The molecule has 16 aromatic rings. The van der Waals surface area contributed by atoms with Crippen molar-refractivity contribution in [3.05, 3.63) is 294 Å². The smallest absolute Gasteiger partial charge is 0.0541 e. The molecule has 4 heterocycles. The van der Waals surface area contributed by atoms with E-state index in [1.165, 1.54) is 57.8 Å². The summed E-state index contributed by atoms with van der Waals surface area (Å²) < 4.78 is 11.1. The second-order valence-corrected chi connectivity index (χ2v) is 22.1. The number of benzene rings is 12. The third-order valence-electron chi connectivity index (χ3n) is 15.9. The van der Waals surface area contributed by atoms with Gasteiger partial charge in [0.15, 0.2) is 0 Å². The maximum Gasteiger partial charge on any atom is 0.0541 e. The molecule has 80 heavy (non-hydrogen) atoms. The largest absolute Gasteiger partial charge is 0.310 e. The maximum atomic E-state index is 2.48. The van der Waals surface area contributed by atoms with Crippen LogP contribution in [0.4, 0.5) is 17.1 Å². The van der Waals surface area contributed by atoms with Crippen LogP contribution in [0, 0.1) is 17.4 Å². The Hall–Kier alpha value is -9.63. The number of fused-ring (bicyclic) bond motifs is 12. The fourth-order valence-electron chi connectivity index (χ4n) is 12.4. The number of anilines is 3. The predicted octanol–water partition coefficient (Wildman–Crippen LogP) is 20.5. The van der Waals surface area contributed by atoms with Crippen molar-refractivity contribution in [2.75, 3.05) is 4.90 Å². The van der Waals surface area contributed by atoms with Crippen LogP contribution in [-0.2, 0) is 0 Å². The molecule has 0 fully saturated rings. The van der Waals surface area contributed by atoms with E-state index in [-0.39, 0.29) is 0 Å². The van der Waals surface area contributed by atoms with Crippen LogP contribution in [0.2, 0.25) is 0 Å². The first-order valence-corrected chi connectivity index (χ1v) is 28.3. The van der Waals surface area contributed by atoms with Gasteiger partial charge in [-0.2, -0.15) is 0 Å². The van der Waals surface area contributed by atoms with Gasteiger partial charge >= 0.3 is 0 Å². The van der Waals surface area contributed by atoms with Gasteiger partial charge in [0.05, 0.1) is 78.3 Å². The van der Waals surface area contributed by atoms with Crippen molar-refractivity contribution in [1.29, 1.82) is 0 Å². The number of nitrogens with zero attached hydrogens (tertiary/aromatic N) is 5. The first-order valence-electron chi connectivity index (χ1n) is 27.3.